The molecule has 0 aliphatic heterocycles. The maximum atomic E-state index is 5.67. The number of aryl methyl sites for hydroxylation is 1. The standard InChI is InChI=1S/C12H22N4/c1-9-11(8-14-16(9)2)12(15-13)7-10-5-3-4-6-10/h8,10,12,15H,3-7,13H2,1-2H3. The number of hydrazine groups is 1. The summed E-state index contributed by atoms with van der Waals surface area (Å²) in [7, 11) is 1.97. The summed E-state index contributed by atoms with van der Waals surface area (Å²) < 4.78 is 1.91. The van der Waals surface area contributed by atoms with Gasteiger partial charge in [-0.15, -0.1) is 0 Å². The molecule has 0 spiro atoms. The number of hydrogen-bond acceptors (Lipinski definition) is 3. The molecule has 1 atom stereocenters. The number of nitrogens with zero attached hydrogens (tertiary/aromatic N) is 2. The van der Waals surface area contributed by atoms with Crippen LogP contribution in [-0.4, -0.2) is 9.78 Å². The van der Waals surface area contributed by atoms with E-state index in [4.69, 9.17) is 5.84 Å². The third-order valence-electron chi connectivity index (χ3n) is 3.89. The van der Waals surface area contributed by atoms with Gasteiger partial charge in [0, 0.05) is 24.3 Å². The molecule has 16 heavy (non-hydrogen) atoms. The maximum absolute atomic E-state index is 5.67. The molecule has 0 bridgehead atoms. The summed E-state index contributed by atoms with van der Waals surface area (Å²) in [4.78, 5) is 0. The summed E-state index contributed by atoms with van der Waals surface area (Å²) >= 11 is 0. The van der Waals surface area contributed by atoms with Crippen molar-refractivity contribution in [1.82, 2.24) is 15.2 Å². The van der Waals surface area contributed by atoms with Gasteiger partial charge in [0.2, 0.25) is 0 Å². The third kappa shape index (κ3) is 2.28. The van der Waals surface area contributed by atoms with Crippen molar-refractivity contribution in [3.8, 4) is 0 Å². The molecule has 2 rings (SSSR count). The summed E-state index contributed by atoms with van der Waals surface area (Å²) in [5, 5.41) is 4.28. The Bertz CT molecular complexity index is 339. The van der Waals surface area contributed by atoms with Crippen LogP contribution in [0.4, 0.5) is 0 Å². The van der Waals surface area contributed by atoms with Crippen LogP contribution in [0.1, 0.15) is 49.4 Å². The summed E-state index contributed by atoms with van der Waals surface area (Å²) in [6, 6.07) is 0.261. The lowest BCUT2D eigenvalue weighted by molar-refractivity contribution is 0.399. The molecule has 1 aromatic heterocycles. The van der Waals surface area contributed by atoms with Crippen molar-refractivity contribution < 1.29 is 0 Å². The summed E-state index contributed by atoms with van der Waals surface area (Å²) in [5.74, 6) is 6.51. The number of hydrogen-bond donors (Lipinski definition) is 2. The minimum atomic E-state index is 0.261. The molecule has 0 radical (unpaired) electrons. The van der Waals surface area contributed by atoms with Crippen LogP contribution in [0.15, 0.2) is 6.20 Å². The Labute approximate surface area is 97.2 Å². The molecule has 0 saturated heterocycles. The van der Waals surface area contributed by atoms with Gasteiger partial charge in [0.15, 0.2) is 0 Å². The molecule has 1 aliphatic carbocycles. The highest BCUT2D eigenvalue weighted by molar-refractivity contribution is 5.20. The second-order valence-corrected chi connectivity index (χ2v) is 4.91. The van der Waals surface area contributed by atoms with Gasteiger partial charge in [-0.05, 0) is 19.3 Å². The van der Waals surface area contributed by atoms with Crippen molar-refractivity contribution in [2.45, 2.75) is 45.1 Å². The highest BCUT2D eigenvalue weighted by Crippen LogP contribution is 2.33. The molecule has 0 amide bonds. The predicted molar refractivity (Wildman–Crippen MR) is 64.6 cm³/mol. The molecular formula is C12H22N4. The number of rotatable bonds is 4. The molecule has 1 heterocycles. The normalized spacial score (nSPS) is 19.2. The molecule has 1 fully saturated rings. The van der Waals surface area contributed by atoms with Gasteiger partial charge in [-0.1, -0.05) is 25.7 Å². The van der Waals surface area contributed by atoms with Crippen LogP contribution >= 0.6 is 0 Å². The Morgan fingerprint density at radius 2 is 2.25 bits per heavy atom. The first-order valence-corrected chi connectivity index (χ1v) is 6.17. The Kier molecular flexibility index (Phi) is 3.61. The smallest absolute Gasteiger partial charge is 0.0540 e. The fraction of sp³-hybridized carbons (Fsp3) is 0.750. The van der Waals surface area contributed by atoms with Gasteiger partial charge in [0.25, 0.3) is 0 Å². The van der Waals surface area contributed by atoms with E-state index in [1.54, 1.807) is 0 Å². The van der Waals surface area contributed by atoms with Gasteiger partial charge < -0.3 is 0 Å². The van der Waals surface area contributed by atoms with Gasteiger partial charge >= 0.3 is 0 Å². The molecule has 4 nitrogen and oxygen atoms in total. The number of aromatic nitrogens is 2. The van der Waals surface area contributed by atoms with Crippen LogP contribution in [0, 0.1) is 12.8 Å². The van der Waals surface area contributed by atoms with Crippen LogP contribution in [0.2, 0.25) is 0 Å². The van der Waals surface area contributed by atoms with Gasteiger partial charge in [-0.2, -0.15) is 5.10 Å². The van der Waals surface area contributed by atoms with E-state index in [1.165, 1.54) is 36.9 Å². The fourth-order valence-electron chi connectivity index (χ4n) is 2.72. The van der Waals surface area contributed by atoms with Crippen molar-refractivity contribution in [1.29, 1.82) is 0 Å². The average molecular weight is 222 g/mol. The van der Waals surface area contributed by atoms with Gasteiger partial charge in [0.1, 0.15) is 0 Å². The molecule has 1 unspecified atom stereocenters. The van der Waals surface area contributed by atoms with Gasteiger partial charge in [0.05, 0.1) is 6.20 Å². The van der Waals surface area contributed by atoms with Crippen molar-refractivity contribution in [3.05, 3.63) is 17.5 Å². The van der Waals surface area contributed by atoms with E-state index >= 15 is 0 Å². The van der Waals surface area contributed by atoms with E-state index < -0.39 is 0 Å². The molecule has 1 saturated carbocycles. The predicted octanol–water partition coefficient (Wildman–Crippen LogP) is 1.81. The van der Waals surface area contributed by atoms with E-state index in [2.05, 4.69) is 17.4 Å². The minimum absolute atomic E-state index is 0.261. The van der Waals surface area contributed by atoms with E-state index in [1.807, 2.05) is 17.9 Å². The Balaban J connectivity index is 2.06. The Hall–Kier alpha value is -0.870. The number of nitrogens with two attached hydrogens (primary N) is 1. The molecule has 4 heteroatoms. The Morgan fingerprint density at radius 3 is 2.75 bits per heavy atom. The zero-order valence-corrected chi connectivity index (χ0v) is 10.2. The van der Waals surface area contributed by atoms with E-state index in [0.717, 1.165) is 12.3 Å². The first kappa shape index (κ1) is 11.6. The average Bonchev–Trinajstić information content (AvgIpc) is 2.88. The zero-order chi connectivity index (χ0) is 11.5. The van der Waals surface area contributed by atoms with Gasteiger partial charge in [-0.3, -0.25) is 16.0 Å². The molecule has 0 aromatic carbocycles. The van der Waals surface area contributed by atoms with Crippen molar-refractivity contribution >= 4 is 0 Å². The van der Waals surface area contributed by atoms with E-state index in [-0.39, 0.29) is 6.04 Å². The molecule has 1 aromatic rings. The highest BCUT2D eigenvalue weighted by atomic mass is 15.3. The zero-order valence-electron chi connectivity index (χ0n) is 10.2. The Morgan fingerprint density at radius 1 is 1.56 bits per heavy atom. The van der Waals surface area contributed by atoms with E-state index in [0.29, 0.717) is 0 Å². The third-order valence-corrected chi connectivity index (χ3v) is 3.89. The minimum Gasteiger partial charge on any atom is -0.273 e. The van der Waals surface area contributed by atoms with Crippen molar-refractivity contribution in [2.75, 3.05) is 0 Å². The topological polar surface area (TPSA) is 55.9 Å². The quantitative estimate of drug-likeness (QED) is 0.603. The summed E-state index contributed by atoms with van der Waals surface area (Å²) in [6.45, 7) is 2.10. The van der Waals surface area contributed by atoms with Crippen LogP contribution in [0.25, 0.3) is 0 Å². The van der Waals surface area contributed by atoms with Crippen LogP contribution in [0.3, 0.4) is 0 Å². The SMILES string of the molecule is Cc1c(C(CC2CCCC2)NN)cnn1C. The molecular weight excluding hydrogens is 200 g/mol. The molecule has 3 N–H and O–H groups in total. The summed E-state index contributed by atoms with van der Waals surface area (Å²) in [5.41, 5.74) is 5.40. The first-order valence-electron chi connectivity index (χ1n) is 6.17. The fourth-order valence-corrected chi connectivity index (χ4v) is 2.72. The van der Waals surface area contributed by atoms with E-state index in [9.17, 15) is 0 Å². The van der Waals surface area contributed by atoms with Gasteiger partial charge in [-0.25, -0.2) is 0 Å². The summed E-state index contributed by atoms with van der Waals surface area (Å²) in [6.07, 6.45) is 8.56. The second-order valence-electron chi connectivity index (χ2n) is 4.91. The van der Waals surface area contributed by atoms with Crippen LogP contribution in [-0.2, 0) is 7.05 Å². The second kappa shape index (κ2) is 4.97. The first-order chi connectivity index (χ1) is 7.72. The lowest BCUT2D eigenvalue weighted by Gasteiger charge is -2.19. The lowest BCUT2D eigenvalue weighted by atomic mass is 9.94. The highest BCUT2D eigenvalue weighted by Gasteiger charge is 2.22. The molecule has 90 valence electrons. The van der Waals surface area contributed by atoms with Crippen molar-refractivity contribution in [2.24, 2.45) is 18.8 Å². The number of nitrogens with one attached hydrogen (secondary N) is 1. The monoisotopic (exact) mass is 222 g/mol. The lowest BCUT2D eigenvalue weighted by Crippen LogP contribution is -2.29. The van der Waals surface area contributed by atoms with Crippen LogP contribution in [0.5, 0.6) is 0 Å². The maximum Gasteiger partial charge on any atom is 0.0540 e. The van der Waals surface area contributed by atoms with Crippen molar-refractivity contribution in [3.63, 3.8) is 0 Å². The largest absolute Gasteiger partial charge is 0.273 e. The molecule has 1 aliphatic rings. The van der Waals surface area contributed by atoms with Crippen LogP contribution < -0.4 is 11.3 Å².